The topological polar surface area (TPSA) is 54.5 Å². The fourth-order valence-corrected chi connectivity index (χ4v) is 3.42. The van der Waals surface area contributed by atoms with Crippen LogP contribution in [-0.4, -0.2) is 29.0 Å². The van der Waals surface area contributed by atoms with Crippen LogP contribution in [0.15, 0.2) is 48.5 Å². The molecule has 1 aliphatic rings. The van der Waals surface area contributed by atoms with E-state index in [1.54, 1.807) is 50.2 Å². The van der Waals surface area contributed by atoms with Crippen LogP contribution in [0.1, 0.15) is 52.1 Å². The van der Waals surface area contributed by atoms with Gasteiger partial charge in [0.25, 0.3) is 5.91 Å². The predicted molar refractivity (Wildman–Crippen MR) is 95.6 cm³/mol. The van der Waals surface area contributed by atoms with Crippen LogP contribution in [0.5, 0.6) is 0 Å². The molecule has 0 radical (unpaired) electrons. The molecule has 0 aromatic heterocycles. The number of fused-ring (bicyclic) bond motifs is 1. The maximum atomic E-state index is 13.0. The Bertz CT molecular complexity index is 854. The fourth-order valence-electron chi connectivity index (χ4n) is 3.42. The molecular weight excluding hydrogens is 314 g/mol. The van der Waals surface area contributed by atoms with Gasteiger partial charge in [0.15, 0.2) is 5.78 Å². The summed E-state index contributed by atoms with van der Waals surface area (Å²) in [6.45, 7) is 5.78. The van der Waals surface area contributed by atoms with Crippen LogP contribution >= 0.6 is 0 Å². The summed E-state index contributed by atoms with van der Waals surface area (Å²) < 4.78 is 0. The van der Waals surface area contributed by atoms with Crippen LogP contribution in [0, 0.1) is 6.92 Å². The van der Waals surface area contributed by atoms with Crippen molar-refractivity contribution in [3.8, 4) is 0 Å². The van der Waals surface area contributed by atoms with E-state index < -0.39 is 5.41 Å². The average molecular weight is 335 g/mol. The molecule has 0 spiro atoms. The number of nitrogens with zero attached hydrogens (tertiary/aromatic N) is 1. The Balaban J connectivity index is 2.04. The molecule has 1 atom stereocenters. The number of imide groups is 1. The zero-order valence-electron chi connectivity index (χ0n) is 14.7. The SMILES string of the molecule is CCN1C(=O)c2ccccc2C(C)(CC(=O)c2ccc(C)cc2)C1=O. The first-order chi connectivity index (χ1) is 11.9. The van der Waals surface area contributed by atoms with E-state index in [1.165, 1.54) is 4.90 Å². The highest BCUT2D eigenvalue weighted by molar-refractivity contribution is 6.14. The van der Waals surface area contributed by atoms with Crippen molar-refractivity contribution in [2.45, 2.75) is 32.6 Å². The number of hydrogen-bond donors (Lipinski definition) is 0. The first-order valence-electron chi connectivity index (χ1n) is 8.44. The van der Waals surface area contributed by atoms with E-state index in [0.29, 0.717) is 23.2 Å². The van der Waals surface area contributed by atoms with Crippen LogP contribution in [0.4, 0.5) is 0 Å². The molecule has 0 saturated heterocycles. The van der Waals surface area contributed by atoms with Crippen LogP contribution in [0.2, 0.25) is 0 Å². The van der Waals surface area contributed by atoms with E-state index in [1.807, 2.05) is 19.1 Å². The minimum Gasteiger partial charge on any atom is -0.294 e. The maximum Gasteiger partial charge on any atom is 0.260 e. The van der Waals surface area contributed by atoms with Crippen molar-refractivity contribution >= 4 is 17.6 Å². The zero-order chi connectivity index (χ0) is 18.2. The molecule has 0 bridgehead atoms. The molecule has 2 aromatic rings. The average Bonchev–Trinajstić information content (AvgIpc) is 2.61. The highest BCUT2D eigenvalue weighted by atomic mass is 16.2. The Morgan fingerprint density at radius 1 is 1.04 bits per heavy atom. The number of likely N-dealkylation sites (N-methyl/N-ethyl adjacent to an activating group) is 1. The summed E-state index contributed by atoms with van der Waals surface area (Å²) >= 11 is 0. The van der Waals surface area contributed by atoms with Crippen molar-refractivity contribution in [1.82, 2.24) is 4.90 Å². The van der Waals surface area contributed by atoms with Gasteiger partial charge in [-0.2, -0.15) is 0 Å². The molecule has 0 aliphatic carbocycles. The first-order valence-corrected chi connectivity index (χ1v) is 8.44. The van der Waals surface area contributed by atoms with Crippen molar-refractivity contribution in [1.29, 1.82) is 0 Å². The second-order valence-corrected chi connectivity index (χ2v) is 6.70. The second-order valence-electron chi connectivity index (χ2n) is 6.70. The molecule has 2 aromatic carbocycles. The molecule has 0 saturated carbocycles. The Morgan fingerprint density at radius 2 is 1.68 bits per heavy atom. The number of benzene rings is 2. The smallest absolute Gasteiger partial charge is 0.260 e. The lowest BCUT2D eigenvalue weighted by atomic mass is 9.71. The number of amides is 2. The third-order valence-electron chi connectivity index (χ3n) is 4.92. The number of hydrogen-bond acceptors (Lipinski definition) is 3. The van der Waals surface area contributed by atoms with Crippen molar-refractivity contribution in [2.24, 2.45) is 0 Å². The Labute approximate surface area is 147 Å². The molecule has 4 heteroatoms. The van der Waals surface area contributed by atoms with Crippen molar-refractivity contribution < 1.29 is 14.4 Å². The van der Waals surface area contributed by atoms with Gasteiger partial charge in [-0.3, -0.25) is 19.3 Å². The number of Topliss-reactive ketones (excluding diaryl/α,β-unsaturated/α-hetero) is 1. The van der Waals surface area contributed by atoms with Crippen molar-refractivity contribution in [2.75, 3.05) is 6.54 Å². The van der Waals surface area contributed by atoms with Gasteiger partial charge in [-0.1, -0.05) is 48.0 Å². The summed E-state index contributed by atoms with van der Waals surface area (Å²) in [6.07, 6.45) is 0.0374. The van der Waals surface area contributed by atoms with Crippen LogP contribution < -0.4 is 0 Å². The molecule has 1 aliphatic heterocycles. The first kappa shape index (κ1) is 17.1. The van der Waals surface area contributed by atoms with Gasteiger partial charge in [0.05, 0.1) is 5.41 Å². The summed E-state index contributed by atoms with van der Waals surface area (Å²) in [4.78, 5) is 39.6. The highest BCUT2D eigenvalue weighted by Gasteiger charge is 2.47. The van der Waals surface area contributed by atoms with Gasteiger partial charge < -0.3 is 0 Å². The molecular formula is C21H21NO3. The minimum absolute atomic E-state index is 0.0374. The van der Waals surface area contributed by atoms with Gasteiger partial charge in [-0.15, -0.1) is 0 Å². The molecule has 3 rings (SSSR count). The molecule has 128 valence electrons. The standard InChI is InChI=1S/C21H21NO3/c1-4-22-19(24)16-7-5-6-8-17(16)21(3,20(22)25)13-18(23)15-11-9-14(2)10-12-15/h5-12H,4,13H2,1-3H3. The van der Waals surface area contributed by atoms with Crippen LogP contribution in [0.3, 0.4) is 0 Å². The molecule has 0 fully saturated rings. The van der Waals surface area contributed by atoms with Crippen molar-refractivity contribution in [3.63, 3.8) is 0 Å². The molecule has 1 heterocycles. The summed E-state index contributed by atoms with van der Waals surface area (Å²) in [5, 5.41) is 0. The Hall–Kier alpha value is -2.75. The van der Waals surface area contributed by atoms with Gasteiger partial charge in [-0.05, 0) is 32.4 Å². The van der Waals surface area contributed by atoms with E-state index in [9.17, 15) is 14.4 Å². The number of carbonyl (C=O) groups excluding carboxylic acids is 3. The highest BCUT2D eigenvalue weighted by Crippen LogP contribution is 2.38. The molecule has 2 amide bonds. The monoisotopic (exact) mass is 335 g/mol. The number of rotatable bonds is 4. The molecule has 1 unspecified atom stereocenters. The third kappa shape index (κ3) is 2.78. The van der Waals surface area contributed by atoms with E-state index in [0.717, 1.165) is 5.56 Å². The third-order valence-corrected chi connectivity index (χ3v) is 4.92. The predicted octanol–water partition coefficient (Wildman–Crippen LogP) is 3.53. The van der Waals surface area contributed by atoms with Gasteiger partial charge in [0.1, 0.15) is 0 Å². The maximum absolute atomic E-state index is 13.0. The van der Waals surface area contributed by atoms with Gasteiger partial charge >= 0.3 is 0 Å². The number of aryl methyl sites for hydroxylation is 1. The van der Waals surface area contributed by atoms with Crippen LogP contribution in [0.25, 0.3) is 0 Å². The number of ketones is 1. The van der Waals surface area contributed by atoms with E-state index >= 15 is 0 Å². The molecule has 0 N–H and O–H groups in total. The lowest BCUT2D eigenvalue weighted by Crippen LogP contribution is -2.53. The van der Waals surface area contributed by atoms with Gasteiger partial charge in [-0.25, -0.2) is 0 Å². The fraction of sp³-hybridized carbons (Fsp3) is 0.286. The molecule has 4 nitrogen and oxygen atoms in total. The molecule has 25 heavy (non-hydrogen) atoms. The Morgan fingerprint density at radius 3 is 2.32 bits per heavy atom. The summed E-state index contributed by atoms with van der Waals surface area (Å²) in [6, 6.07) is 14.4. The lowest BCUT2D eigenvalue weighted by Gasteiger charge is -2.39. The Kier molecular flexibility index (Phi) is 4.29. The quantitative estimate of drug-likeness (QED) is 0.634. The van der Waals surface area contributed by atoms with Crippen LogP contribution in [-0.2, 0) is 10.2 Å². The van der Waals surface area contributed by atoms with Gasteiger partial charge in [0.2, 0.25) is 5.91 Å². The van der Waals surface area contributed by atoms with Crippen molar-refractivity contribution in [3.05, 3.63) is 70.8 Å². The number of carbonyl (C=O) groups is 3. The van der Waals surface area contributed by atoms with E-state index in [2.05, 4.69) is 0 Å². The zero-order valence-corrected chi connectivity index (χ0v) is 14.7. The van der Waals surface area contributed by atoms with E-state index in [4.69, 9.17) is 0 Å². The lowest BCUT2D eigenvalue weighted by molar-refractivity contribution is -0.134. The minimum atomic E-state index is -1.04. The summed E-state index contributed by atoms with van der Waals surface area (Å²) in [5.74, 6) is -0.696. The summed E-state index contributed by atoms with van der Waals surface area (Å²) in [7, 11) is 0. The largest absolute Gasteiger partial charge is 0.294 e. The second kappa shape index (κ2) is 6.28. The normalized spacial score (nSPS) is 19.7. The van der Waals surface area contributed by atoms with Gasteiger partial charge in [0, 0.05) is 24.1 Å². The summed E-state index contributed by atoms with van der Waals surface area (Å²) in [5.41, 5.74) is 1.75. The van der Waals surface area contributed by atoms with E-state index in [-0.39, 0.29) is 24.0 Å².